The van der Waals surface area contributed by atoms with Crippen LogP contribution in [0.3, 0.4) is 0 Å². The number of hydrogen-bond acceptors (Lipinski definition) is 5. The summed E-state index contributed by atoms with van der Waals surface area (Å²) in [6.45, 7) is 1.96. The molecule has 0 unspecified atom stereocenters. The summed E-state index contributed by atoms with van der Waals surface area (Å²) in [6.07, 6.45) is 3.54. The van der Waals surface area contributed by atoms with Crippen LogP contribution in [0, 0.1) is 6.92 Å². The summed E-state index contributed by atoms with van der Waals surface area (Å²) in [4.78, 5) is 23.2. The Morgan fingerprint density at radius 1 is 1.11 bits per heavy atom. The highest BCUT2D eigenvalue weighted by Gasteiger charge is 2.17. The molecule has 0 fully saturated rings. The van der Waals surface area contributed by atoms with Crippen LogP contribution in [0.2, 0.25) is 0 Å². The summed E-state index contributed by atoms with van der Waals surface area (Å²) >= 11 is 0. The van der Waals surface area contributed by atoms with Crippen LogP contribution in [0.5, 0.6) is 5.75 Å². The Bertz CT molecular complexity index is 801. The summed E-state index contributed by atoms with van der Waals surface area (Å²) in [5.41, 5.74) is 4.00. The summed E-state index contributed by atoms with van der Waals surface area (Å²) in [6, 6.07) is 13.8. The Hall–Kier alpha value is -3.32. The van der Waals surface area contributed by atoms with Crippen LogP contribution in [0.1, 0.15) is 36.5 Å². The number of hydroxylamine groups is 1. The highest BCUT2D eigenvalue weighted by molar-refractivity contribution is 5.86. The fourth-order valence-corrected chi connectivity index (χ4v) is 2.54. The Morgan fingerprint density at radius 3 is 2.43 bits per heavy atom. The van der Waals surface area contributed by atoms with Gasteiger partial charge in [-0.05, 0) is 56.0 Å². The molecule has 0 heterocycles. The summed E-state index contributed by atoms with van der Waals surface area (Å²) in [5, 5.41) is 20.6. The van der Waals surface area contributed by atoms with Crippen molar-refractivity contribution in [2.75, 3.05) is 5.32 Å². The van der Waals surface area contributed by atoms with E-state index in [4.69, 9.17) is 9.94 Å². The number of phenols is 1. The lowest BCUT2D eigenvalue weighted by molar-refractivity contribution is -0.124. The largest absolute Gasteiger partial charge is 0.508 e. The van der Waals surface area contributed by atoms with Gasteiger partial charge in [-0.2, -0.15) is 0 Å². The number of anilines is 1. The van der Waals surface area contributed by atoms with Gasteiger partial charge in [0.1, 0.15) is 11.9 Å². The van der Waals surface area contributed by atoms with Gasteiger partial charge in [0.15, 0.2) is 0 Å². The van der Waals surface area contributed by atoms with E-state index in [1.807, 2.05) is 19.1 Å². The molecule has 0 saturated heterocycles. The quantitative estimate of drug-likeness (QED) is 0.236. The first-order valence-electron chi connectivity index (χ1n) is 8.92. The van der Waals surface area contributed by atoms with E-state index in [-0.39, 0.29) is 5.75 Å². The zero-order chi connectivity index (χ0) is 20.4. The van der Waals surface area contributed by atoms with Gasteiger partial charge in [-0.15, -0.1) is 0 Å². The van der Waals surface area contributed by atoms with Crippen LogP contribution >= 0.6 is 0 Å². The van der Waals surface area contributed by atoms with Crippen molar-refractivity contribution >= 4 is 17.7 Å². The highest BCUT2D eigenvalue weighted by atomic mass is 16.6. The maximum Gasteiger partial charge on any atom is 0.412 e. The van der Waals surface area contributed by atoms with E-state index in [0.29, 0.717) is 24.9 Å². The Labute approximate surface area is 163 Å². The lowest BCUT2D eigenvalue weighted by atomic mass is 10.0. The number of rotatable bonds is 8. The van der Waals surface area contributed by atoms with E-state index in [2.05, 4.69) is 5.32 Å². The SMILES string of the molecule is Cc1ccc(NC(=O)O[C@@H](CCC/C=C/C(=O)NO)c2ccc(O)cc2)cc1. The van der Waals surface area contributed by atoms with Crippen molar-refractivity contribution in [3.8, 4) is 5.75 Å². The van der Waals surface area contributed by atoms with E-state index in [0.717, 1.165) is 11.1 Å². The third-order valence-electron chi connectivity index (χ3n) is 4.03. The third kappa shape index (κ3) is 7.13. The predicted octanol–water partition coefficient (Wildman–Crippen LogP) is 4.22. The second-order valence-electron chi connectivity index (χ2n) is 6.29. The number of carbonyl (C=O) groups is 2. The standard InChI is InChI=1S/C21H24N2O5/c1-15-7-11-17(12-8-15)22-21(26)28-19(16-9-13-18(24)14-10-16)5-3-2-4-6-20(25)23-27/h4,6-14,19,24,27H,2-3,5H2,1H3,(H,22,26)(H,23,25)/b6-4+/t19-/m0/s1. The number of carbonyl (C=O) groups excluding carboxylic acids is 2. The maximum absolute atomic E-state index is 12.3. The van der Waals surface area contributed by atoms with Crippen LogP contribution in [0.4, 0.5) is 10.5 Å². The van der Waals surface area contributed by atoms with Gasteiger partial charge in [-0.25, -0.2) is 10.3 Å². The van der Waals surface area contributed by atoms with Gasteiger partial charge in [-0.3, -0.25) is 15.3 Å². The van der Waals surface area contributed by atoms with Gasteiger partial charge in [0.05, 0.1) is 0 Å². The molecule has 4 N–H and O–H groups in total. The molecule has 2 aromatic carbocycles. The normalized spacial score (nSPS) is 11.8. The Morgan fingerprint density at radius 2 is 1.79 bits per heavy atom. The van der Waals surface area contributed by atoms with E-state index >= 15 is 0 Å². The third-order valence-corrected chi connectivity index (χ3v) is 4.03. The molecule has 148 valence electrons. The number of phenolic OH excluding ortho intramolecular Hbond substituents is 1. The number of hydrogen-bond donors (Lipinski definition) is 4. The fourth-order valence-electron chi connectivity index (χ4n) is 2.54. The number of unbranched alkanes of at least 4 members (excludes halogenated alkanes) is 1. The molecular weight excluding hydrogens is 360 g/mol. The lowest BCUT2D eigenvalue weighted by Gasteiger charge is -2.18. The molecule has 0 aliphatic carbocycles. The zero-order valence-electron chi connectivity index (χ0n) is 15.6. The first kappa shape index (κ1) is 21.0. The lowest BCUT2D eigenvalue weighted by Crippen LogP contribution is -2.17. The maximum atomic E-state index is 12.3. The number of benzene rings is 2. The molecule has 28 heavy (non-hydrogen) atoms. The first-order valence-corrected chi connectivity index (χ1v) is 8.92. The Kier molecular flexibility index (Phi) is 8.05. The number of aryl methyl sites for hydroxylation is 1. The summed E-state index contributed by atoms with van der Waals surface area (Å²) in [7, 11) is 0. The monoisotopic (exact) mass is 384 g/mol. The second-order valence-corrected chi connectivity index (χ2v) is 6.29. The highest BCUT2D eigenvalue weighted by Crippen LogP contribution is 2.26. The molecule has 0 radical (unpaired) electrons. The minimum atomic E-state index is -0.594. The molecule has 7 nitrogen and oxygen atoms in total. The summed E-state index contributed by atoms with van der Waals surface area (Å²) < 4.78 is 5.58. The molecule has 2 amide bonds. The van der Waals surface area contributed by atoms with Crippen molar-refractivity contribution in [1.82, 2.24) is 5.48 Å². The minimum absolute atomic E-state index is 0.129. The van der Waals surface area contributed by atoms with Crippen molar-refractivity contribution in [2.45, 2.75) is 32.3 Å². The molecule has 0 aliphatic heterocycles. The molecule has 0 aromatic heterocycles. The van der Waals surface area contributed by atoms with Crippen molar-refractivity contribution in [1.29, 1.82) is 0 Å². The van der Waals surface area contributed by atoms with E-state index < -0.39 is 18.1 Å². The second kappa shape index (κ2) is 10.7. The molecule has 0 spiro atoms. The number of nitrogens with one attached hydrogen (secondary N) is 2. The number of allylic oxidation sites excluding steroid dienone is 1. The molecule has 0 saturated carbocycles. The van der Waals surface area contributed by atoms with E-state index in [9.17, 15) is 14.7 Å². The predicted molar refractivity (Wildman–Crippen MR) is 105 cm³/mol. The van der Waals surface area contributed by atoms with E-state index in [1.165, 1.54) is 23.7 Å². The average molecular weight is 384 g/mol. The van der Waals surface area contributed by atoms with Crippen LogP contribution in [-0.2, 0) is 9.53 Å². The smallest absolute Gasteiger partial charge is 0.412 e. The van der Waals surface area contributed by atoms with Crippen LogP contribution in [0.15, 0.2) is 60.7 Å². The average Bonchev–Trinajstić information content (AvgIpc) is 2.69. The molecule has 2 rings (SSSR count). The Balaban J connectivity index is 1.98. The van der Waals surface area contributed by atoms with Crippen molar-refractivity contribution < 1.29 is 24.6 Å². The zero-order valence-corrected chi connectivity index (χ0v) is 15.6. The molecular formula is C21H24N2O5. The number of ether oxygens (including phenoxy) is 1. The molecule has 7 heteroatoms. The molecule has 1 atom stereocenters. The molecule has 2 aromatic rings. The topological polar surface area (TPSA) is 108 Å². The van der Waals surface area contributed by atoms with Gasteiger partial charge < -0.3 is 9.84 Å². The first-order chi connectivity index (χ1) is 13.5. The van der Waals surface area contributed by atoms with E-state index in [1.54, 1.807) is 30.3 Å². The number of amides is 2. The van der Waals surface area contributed by atoms with Crippen LogP contribution in [-0.4, -0.2) is 22.3 Å². The van der Waals surface area contributed by atoms with Crippen LogP contribution < -0.4 is 10.8 Å². The van der Waals surface area contributed by atoms with Gasteiger partial charge in [0.2, 0.25) is 0 Å². The van der Waals surface area contributed by atoms with Crippen molar-refractivity contribution in [2.24, 2.45) is 0 Å². The summed E-state index contributed by atoms with van der Waals surface area (Å²) in [5.74, 6) is -0.464. The van der Waals surface area contributed by atoms with Gasteiger partial charge in [0.25, 0.3) is 5.91 Å². The van der Waals surface area contributed by atoms with Gasteiger partial charge in [-0.1, -0.05) is 35.9 Å². The van der Waals surface area contributed by atoms with Gasteiger partial charge in [0, 0.05) is 11.8 Å². The van der Waals surface area contributed by atoms with Crippen molar-refractivity contribution in [3.63, 3.8) is 0 Å². The van der Waals surface area contributed by atoms with Gasteiger partial charge >= 0.3 is 6.09 Å². The fraction of sp³-hybridized carbons (Fsp3) is 0.238. The minimum Gasteiger partial charge on any atom is -0.508 e. The number of aromatic hydroxyl groups is 1. The molecule has 0 bridgehead atoms. The van der Waals surface area contributed by atoms with Crippen LogP contribution in [0.25, 0.3) is 0 Å². The van der Waals surface area contributed by atoms with Crippen molar-refractivity contribution in [3.05, 3.63) is 71.8 Å². The molecule has 0 aliphatic rings.